The Balaban J connectivity index is 1.64. The largest absolute Gasteiger partial charge is 0.493 e. The van der Waals surface area contributed by atoms with Crippen molar-refractivity contribution in [3.63, 3.8) is 0 Å². The molecule has 164 valence electrons. The van der Waals surface area contributed by atoms with Crippen molar-refractivity contribution in [3.8, 4) is 11.5 Å². The topological polar surface area (TPSA) is 93.9 Å². The highest BCUT2D eigenvalue weighted by Gasteiger charge is 2.37. The molecule has 1 aliphatic heterocycles. The van der Waals surface area contributed by atoms with E-state index in [9.17, 15) is 9.59 Å². The highest BCUT2D eigenvalue weighted by Crippen LogP contribution is 2.39. The van der Waals surface area contributed by atoms with Gasteiger partial charge < -0.3 is 25.4 Å². The highest BCUT2D eigenvalue weighted by atomic mass is 16.5. The molecule has 0 spiro atoms. The number of benzene rings is 2. The molecule has 2 aliphatic rings. The predicted molar refractivity (Wildman–Crippen MR) is 118 cm³/mol. The molecule has 2 amide bonds. The Morgan fingerprint density at radius 1 is 1.26 bits per heavy atom. The number of methoxy groups -OCH3 is 1. The van der Waals surface area contributed by atoms with Crippen molar-refractivity contribution >= 4 is 17.5 Å². The molecule has 7 nitrogen and oxygen atoms in total. The number of nitrogens with zero attached hydrogens (tertiary/aromatic N) is 1. The minimum atomic E-state index is -0.206. The number of anilines is 1. The van der Waals surface area contributed by atoms with Crippen LogP contribution in [0.2, 0.25) is 0 Å². The Hall–Kier alpha value is -3.06. The SMILES string of the molecule is CCOc1cc(C(CCN)N2Cc3cccc(NC(=O)C4CC4)c3C2=O)ccc1OC. The third kappa shape index (κ3) is 4.23. The van der Waals surface area contributed by atoms with Gasteiger partial charge in [-0.25, -0.2) is 0 Å². The van der Waals surface area contributed by atoms with Gasteiger partial charge in [0.05, 0.1) is 31.0 Å². The first-order valence-electron chi connectivity index (χ1n) is 10.8. The van der Waals surface area contributed by atoms with E-state index in [1.807, 2.05) is 42.2 Å². The lowest BCUT2D eigenvalue weighted by Crippen LogP contribution is -2.31. The van der Waals surface area contributed by atoms with E-state index in [1.54, 1.807) is 13.2 Å². The number of ether oxygens (including phenoxy) is 2. The molecule has 2 aromatic rings. The Labute approximate surface area is 182 Å². The van der Waals surface area contributed by atoms with E-state index in [-0.39, 0.29) is 23.8 Å². The van der Waals surface area contributed by atoms with Crippen LogP contribution in [0.5, 0.6) is 11.5 Å². The fourth-order valence-corrected chi connectivity index (χ4v) is 4.15. The van der Waals surface area contributed by atoms with E-state index < -0.39 is 0 Å². The minimum Gasteiger partial charge on any atom is -0.493 e. The number of nitrogens with two attached hydrogens (primary N) is 1. The van der Waals surface area contributed by atoms with Crippen LogP contribution in [0, 0.1) is 5.92 Å². The molecule has 0 radical (unpaired) electrons. The van der Waals surface area contributed by atoms with Crippen molar-refractivity contribution in [1.29, 1.82) is 0 Å². The number of hydrogen-bond acceptors (Lipinski definition) is 5. The van der Waals surface area contributed by atoms with Crippen molar-refractivity contribution in [2.75, 3.05) is 25.6 Å². The van der Waals surface area contributed by atoms with Gasteiger partial charge in [-0.1, -0.05) is 18.2 Å². The first-order chi connectivity index (χ1) is 15.1. The standard InChI is InChI=1S/C24H29N3O4/c1-3-31-21-13-16(9-10-20(21)30-2)19(11-12-25)27-14-17-5-4-6-18(22(17)24(27)29)26-23(28)15-7-8-15/h4-6,9-10,13,15,19H,3,7-8,11-12,14,25H2,1-2H3,(H,26,28). The van der Waals surface area contributed by atoms with Crippen molar-refractivity contribution in [1.82, 2.24) is 4.90 Å². The second-order valence-corrected chi connectivity index (χ2v) is 7.97. The quantitative estimate of drug-likeness (QED) is 0.644. The molecular formula is C24H29N3O4. The van der Waals surface area contributed by atoms with Gasteiger partial charge in [0.2, 0.25) is 5.91 Å². The summed E-state index contributed by atoms with van der Waals surface area (Å²) in [7, 11) is 1.60. The fourth-order valence-electron chi connectivity index (χ4n) is 4.15. The molecule has 1 unspecified atom stereocenters. The normalized spacial score (nSPS) is 16.1. The van der Waals surface area contributed by atoms with Crippen LogP contribution in [-0.4, -0.2) is 37.0 Å². The van der Waals surface area contributed by atoms with Gasteiger partial charge in [0.1, 0.15) is 0 Å². The average molecular weight is 424 g/mol. The number of amides is 2. The molecule has 0 aromatic heterocycles. The number of hydrogen-bond donors (Lipinski definition) is 2. The molecule has 0 bridgehead atoms. The van der Waals surface area contributed by atoms with Gasteiger partial charge in [0.15, 0.2) is 11.5 Å². The van der Waals surface area contributed by atoms with Crippen LogP contribution in [0.15, 0.2) is 36.4 Å². The monoisotopic (exact) mass is 423 g/mol. The van der Waals surface area contributed by atoms with Crippen LogP contribution in [0.3, 0.4) is 0 Å². The molecule has 1 fully saturated rings. The van der Waals surface area contributed by atoms with Crippen molar-refractivity contribution in [2.45, 2.75) is 38.8 Å². The number of nitrogens with one attached hydrogen (secondary N) is 1. The molecule has 0 saturated heterocycles. The molecular weight excluding hydrogens is 394 g/mol. The van der Waals surface area contributed by atoms with Crippen LogP contribution >= 0.6 is 0 Å². The van der Waals surface area contributed by atoms with Crippen molar-refractivity contribution in [2.24, 2.45) is 11.7 Å². The lowest BCUT2D eigenvalue weighted by molar-refractivity contribution is -0.117. The molecule has 1 aliphatic carbocycles. The van der Waals surface area contributed by atoms with Gasteiger partial charge in [-0.05, 0) is 62.1 Å². The van der Waals surface area contributed by atoms with E-state index in [2.05, 4.69) is 5.32 Å². The van der Waals surface area contributed by atoms with E-state index in [1.165, 1.54) is 0 Å². The summed E-state index contributed by atoms with van der Waals surface area (Å²) in [4.78, 5) is 27.6. The zero-order valence-corrected chi connectivity index (χ0v) is 18.0. The van der Waals surface area contributed by atoms with E-state index in [0.29, 0.717) is 48.9 Å². The predicted octanol–water partition coefficient (Wildman–Crippen LogP) is 3.49. The number of carbonyl (C=O) groups is 2. The van der Waals surface area contributed by atoms with E-state index in [0.717, 1.165) is 24.0 Å². The molecule has 4 rings (SSSR count). The van der Waals surface area contributed by atoms with Gasteiger partial charge in [-0.3, -0.25) is 9.59 Å². The van der Waals surface area contributed by atoms with Gasteiger partial charge in [0, 0.05) is 12.5 Å². The molecule has 1 heterocycles. The molecule has 3 N–H and O–H groups in total. The minimum absolute atomic E-state index is 0.00494. The summed E-state index contributed by atoms with van der Waals surface area (Å²) in [6.45, 7) is 3.34. The fraction of sp³-hybridized carbons (Fsp3) is 0.417. The second kappa shape index (κ2) is 8.98. The van der Waals surface area contributed by atoms with Crippen molar-refractivity contribution < 1.29 is 19.1 Å². The highest BCUT2D eigenvalue weighted by molar-refractivity contribution is 6.07. The number of fused-ring (bicyclic) bond motifs is 1. The lowest BCUT2D eigenvalue weighted by Gasteiger charge is -2.28. The van der Waals surface area contributed by atoms with Gasteiger partial charge in [-0.15, -0.1) is 0 Å². The third-order valence-electron chi connectivity index (χ3n) is 5.86. The summed E-state index contributed by atoms with van der Waals surface area (Å²) in [6.07, 6.45) is 2.44. The maximum absolute atomic E-state index is 13.5. The smallest absolute Gasteiger partial charge is 0.257 e. The van der Waals surface area contributed by atoms with Crippen LogP contribution in [0.25, 0.3) is 0 Å². The van der Waals surface area contributed by atoms with Gasteiger partial charge >= 0.3 is 0 Å². The number of carbonyl (C=O) groups excluding carboxylic acids is 2. The van der Waals surface area contributed by atoms with E-state index in [4.69, 9.17) is 15.2 Å². The first-order valence-corrected chi connectivity index (χ1v) is 10.8. The maximum atomic E-state index is 13.5. The maximum Gasteiger partial charge on any atom is 0.257 e. The van der Waals surface area contributed by atoms with Crippen LogP contribution < -0.4 is 20.5 Å². The van der Waals surface area contributed by atoms with Crippen LogP contribution in [0.1, 0.15) is 53.7 Å². The zero-order chi connectivity index (χ0) is 22.0. The Morgan fingerprint density at radius 3 is 2.74 bits per heavy atom. The van der Waals surface area contributed by atoms with Gasteiger partial charge in [-0.2, -0.15) is 0 Å². The molecule has 2 aromatic carbocycles. The summed E-state index contributed by atoms with van der Waals surface area (Å²) >= 11 is 0. The van der Waals surface area contributed by atoms with Crippen LogP contribution in [0.4, 0.5) is 5.69 Å². The molecule has 31 heavy (non-hydrogen) atoms. The molecule has 1 saturated carbocycles. The third-order valence-corrected chi connectivity index (χ3v) is 5.86. The second-order valence-electron chi connectivity index (χ2n) is 7.97. The Morgan fingerprint density at radius 2 is 2.06 bits per heavy atom. The first kappa shape index (κ1) is 21.2. The van der Waals surface area contributed by atoms with Gasteiger partial charge in [0.25, 0.3) is 5.91 Å². The lowest BCUT2D eigenvalue weighted by atomic mass is 10.0. The van der Waals surface area contributed by atoms with Crippen LogP contribution in [-0.2, 0) is 11.3 Å². The zero-order valence-electron chi connectivity index (χ0n) is 18.0. The summed E-state index contributed by atoms with van der Waals surface area (Å²) in [5.41, 5.74) is 8.96. The Kier molecular flexibility index (Phi) is 6.13. The van der Waals surface area contributed by atoms with E-state index >= 15 is 0 Å². The summed E-state index contributed by atoms with van der Waals surface area (Å²) in [5, 5.41) is 2.96. The Bertz CT molecular complexity index is 987. The summed E-state index contributed by atoms with van der Waals surface area (Å²) < 4.78 is 11.1. The summed E-state index contributed by atoms with van der Waals surface area (Å²) in [5.74, 6) is 1.28. The summed E-state index contributed by atoms with van der Waals surface area (Å²) in [6, 6.07) is 11.2. The van der Waals surface area contributed by atoms with Crippen molar-refractivity contribution in [3.05, 3.63) is 53.1 Å². The average Bonchev–Trinajstić information content (AvgIpc) is 3.57. The number of rotatable bonds is 9. The molecule has 1 atom stereocenters. The molecule has 7 heteroatoms.